The second kappa shape index (κ2) is 10.3. The molecule has 2 N–H and O–H groups in total. The van der Waals surface area contributed by atoms with E-state index in [0.29, 0.717) is 0 Å². The van der Waals surface area contributed by atoms with E-state index in [1.54, 1.807) is 0 Å². The summed E-state index contributed by atoms with van der Waals surface area (Å²) in [4.78, 5) is 5.15. The van der Waals surface area contributed by atoms with Crippen molar-refractivity contribution in [1.82, 2.24) is 10.6 Å². The first-order chi connectivity index (χ1) is 20.8. The van der Waals surface area contributed by atoms with Gasteiger partial charge in [-0.05, 0) is 66.7 Å². The molecule has 0 fully saturated rings. The summed E-state index contributed by atoms with van der Waals surface area (Å²) in [6.45, 7) is 0. The second-order valence-electron chi connectivity index (χ2n) is 10.9. The van der Waals surface area contributed by atoms with Gasteiger partial charge in [-0.3, -0.25) is 5.32 Å². The Morgan fingerprint density at radius 2 is 0.929 bits per heavy atom. The summed E-state index contributed by atoms with van der Waals surface area (Å²) < 4.78 is 0. The molecule has 42 heavy (non-hydrogen) atoms. The Morgan fingerprint density at radius 3 is 1.62 bits per heavy atom. The van der Waals surface area contributed by atoms with Crippen molar-refractivity contribution in [3.8, 4) is 11.1 Å². The molecule has 1 aliphatic rings. The van der Waals surface area contributed by atoms with Gasteiger partial charge in [0, 0.05) is 5.56 Å². The molecule has 0 bridgehead atoms. The average Bonchev–Trinajstić information content (AvgIpc) is 3.09. The first-order valence-corrected chi connectivity index (χ1v) is 14.5. The van der Waals surface area contributed by atoms with Gasteiger partial charge in [-0.25, -0.2) is 4.99 Å². The monoisotopic (exact) mass is 539 g/mol. The Bertz CT molecular complexity index is 2060. The third-order valence-electron chi connectivity index (χ3n) is 8.32. The van der Waals surface area contributed by atoms with E-state index in [2.05, 4.69) is 156 Å². The lowest BCUT2D eigenvalue weighted by Gasteiger charge is -2.32. The first-order valence-electron chi connectivity index (χ1n) is 14.5. The van der Waals surface area contributed by atoms with Gasteiger partial charge in [0.2, 0.25) is 0 Å². The molecular formula is C39H29N3. The number of aliphatic imine (C=N–C) groups is 1. The van der Waals surface area contributed by atoms with Crippen LogP contribution in [-0.2, 0) is 0 Å². The maximum absolute atomic E-state index is 5.15. The van der Waals surface area contributed by atoms with Crippen LogP contribution in [0.5, 0.6) is 0 Å². The fourth-order valence-corrected chi connectivity index (χ4v) is 6.27. The Hall–Kier alpha value is -5.25. The molecule has 0 saturated heterocycles. The second-order valence-corrected chi connectivity index (χ2v) is 10.9. The summed E-state index contributed by atoms with van der Waals surface area (Å²) in [6, 6.07) is 54.0. The zero-order valence-corrected chi connectivity index (χ0v) is 23.0. The molecule has 2 atom stereocenters. The molecule has 0 radical (unpaired) electrons. The van der Waals surface area contributed by atoms with Crippen molar-refractivity contribution in [1.29, 1.82) is 0 Å². The summed E-state index contributed by atoms with van der Waals surface area (Å²) in [7, 11) is 0. The standard InChI is InChI=1S/C39H29N3/c1-3-12-26(13-4-1)37-40-38(27-14-5-2-6-15-27)42-39(41-37)30-17-11-16-28(24-30)29-22-23-35-33-20-8-7-18-31(33)32-19-9-10-21-34(32)36(35)25-29/h1-25,37,39,41H,(H,40,42). The highest BCUT2D eigenvalue weighted by Crippen LogP contribution is 2.37. The predicted octanol–water partition coefficient (Wildman–Crippen LogP) is 9.15. The van der Waals surface area contributed by atoms with Crippen molar-refractivity contribution < 1.29 is 0 Å². The molecular weight excluding hydrogens is 510 g/mol. The van der Waals surface area contributed by atoms with Gasteiger partial charge in [0.25, 0.3) is 0 Å². The SMILES string of the molecule is c1ccc(C2=NC(c3cccc(-c4ccc5c6ccccc6c6ccccc6c5c4)c3)NC(c3ccccc3)N2)cc1. The zero-order valence-electron chi connectivity index (χ0n) is 23.0. The third-order valence-corrected chi connectivity index (χ3v) is 8.32. The van der Waals surface area contributed by atoms with Gasteiger partial charge >= 0.3 is 0 Å². The first kappa shape index (κ1) is 24.5. The third kappa shape index (κ3) is 4.32. The van der Waals surface area contributed by atoms with Gasteiger partial charge in [0.15, 0.2) is 0 Å². The number of nitrogens with zero attached hydrogens (tertiary/aromatic N) is 1. The number of hydrogen-bond donors (Lipinski definition) is 2. The fourth-order valence-electron chi connectivity index (χ4n) is 6.27. The molecule has 0 spiro atoms. The van der Waals surface area contributed by atoms with E-state index >= 15 is 0 Å². The Morgan fingerprint density at radius 1 is 0.405 bits per heavy atom. The van der Waals surface area contributed by atoms with Crippen LogP contribution in [-0.4, -0.2) is 5.84 Å². The van der Waals surface area contributed by atoms with Gasteiger partial charge in [0.05, 0.1) is 0 Å². The minimum absolute atomic E-state index is 0.0622. The lowest BCUT2D eigenvalue weighted by molar-refractivity contribution is 0.409. The van der Waals surface area contributed by atoms with Crippen LogP contribution >= 0.6 is 0 Å². The Labute approximate surface area is 245 Å². The molecule has 3 heteroatoms. The van der Waals surface area contributed by atoms with Crippen molar-refractivity contribution in [2.24, 2.45) is 4.99 Å². The fraction of sp³-hybridized carbons (Fsp3) is 0.0513. The average molecular weight is 540 g/mol. The van der Waals surface area contributed by atoms with Crippen LogP contribution in [0, 0.1) is 0 Å². The molecule has 3 nitrogen and oxygen atoms in total. The smallest absolute Gasteiger partial charge is 0.131 e. The number of amidine groups is 1. The van der Waals surface area contributed by atoms with Crippen LogP contribution in [0.4, 0.5) is 0 Å². The van der Waals surface area contributed by atoms with Crippen LogP contribution < -0.4 is 10.6 Å². The number of benzene rings is 7. The number of rotatable bonds is 4. The number of nitrogens with one attached hydrogen (secondary N) is 2. The van der Waals surface area contributed by atoms with Crippen molar-refractivity contribution in [2.45, 2.75) is 12.3 Å². The topological polar surface area (TPSA) is 36.4 Å². The van der Waals surface area contributed by atoms with E-state index < -0.39 is 0 Å². The van der Waals surface area contributed by atoms with Crippen molar-refractivity contribution in [2.75, 3.05) is 0 Å². The predicted molar refractivity (Wildman–Crippen MR) is 176 cm³/mol. The molecule has 2 unspecified atom stereocenters. The molecule has 7 aromatic carbocycles. The van der Waals surface area contributed by atoms with Crippen LogP contribution in [0.3, 0.4) is 0 Å². The van der Waals surface area contributed by atoms with E-state index in [9.17, 15) is 0 Å². The van der Waals surface area contributed by atoms with E-state index in [0.717, 1.165) is 17.0 Å². The van der Waals surface area contributed by atoms with Gasteiger partial charge in [0.1, 0.15) is 18.2 Å². The maximum Gasteiger partial charge on any atom is 0.131 e. The quantitative estimate of drug-likeness (QED) is 0.219. The van der Waals surface area contributed by atoms with Gasteiger partial charge in [-0.2, -0.15) is 0 Å². The molecule has 7 aromatic rings. The zero-order chi connectivity index (χ0) is 27.9. The Balaban J connectivity index is 1.23. The van der Waals surface area contributed by atoms with Crippen LogP contribution in [0.2, 0.25) is 0 Å². The van der Waals surface area contributed by atoms with Gasteiger partial charge in [-0.1, -0.05) is 140 Å². The summed E-state index contributed by atoms with van der Waals surface area (Å²) >= 11 is 0. The molecule has 0 saturated carbocycles. The lowest BCUT2D eigenvalue weighted by atomic mass is 9.91. The molecule has 0 aromatic heterocycles. The lowest BCUT2D eigenvalue weighted by Crippen LogP contribution is -2.44. The molecule has 0 aliphatic carbocycles. The largest absolute Gasteiger partial charge is 0.350 e. The van der Waals surface area contributed by atoms with Crippen LogP contribution in [0.15, 0.2) is 157 Å². The maximum atomic E-state index is 5.15. The molecule has 1 aliphatic heterocycles. The molecule has 1 heterocycles. The van der Waals surface area contributed by atoms with E-state index in [1.807, 2.05) is 6.07 Å². The highest BCUT2D eigenvalue weighted by Gasteiger charge is 2.25. The minimum Gasteiger partial charge on any atom is -0.350 e. The summed E-state index contributed by atoms with van der Waals surface area (Å²) in [5.74, 6) is 0.891. The van der Waals surface area contributed by atoms with Gasteiger partial charge in [-0.15, -0.1) is 0 Å². The molecule has 0 amide bonds. The number of fused-ring (bicyclic) bond motifs is 6. The van der Waals surface area contributed by atoms with Crippen molar-refractivity contribution >= 4 is 38.2 Å². The molecule has 200 valence electrons. The highest BCUT2D eigenvalue weighted by molar-refractivity contribution is 6.25. The number of hydrogen-bond acceptors (Lipinski definition) is 3. The van der Waals surface area contributed by atoms with E-state index in [1.165, 1.54) is 49.0 Å². The summed E-state index contributed by atoms with van der Waals surface area (Å²) in [5.41, 5.74) is 5.77. The van der Waals surface area contributed by atoms with Crippen LogP contribution in [0.25, 0.3) is 43.4 Å². The highest BCUT2D eigenvalue weighted by atomic mass is 15.3. The van der Waals surface area contributed by atoms with Crippen LogP contribution in [0.1, 0.15) is 29.0 Å². The Kier molecular flexibility index (Phi) is 6.02. The van der Waals surface area contributed by atoms with Crippen molar-refractivity contribution in [3.63, 3.8) is 0 Å². The summed E-state index contributed by atoms with van der Waals surface area (Å²) in [6.07, 6.45) is -0.260. The van der Waals surface area contributed by atoms with Gasteiger partial charge < -0.3 is 5.32 Å². The normalized spacial score (nSPS) is 16.8. The molecule has 8 rings (SSSR count). The van der Waals surface area contributed by atoms with E-state index in [4.69, 9.17) is 4.99 Å². The van der Waals surface area contributed by atoms with Crippen molar-refractivity contribution in [3.05, 3.63) is 168 Å². The summed E-state index contributed by atoms with van der Waals surface area (Å²) in [5, 5.41) is 15.1. The minimum atomic E-state index is -0.197. The van der Waals surface area contributed by atoms with E-state index in [-0.39, 0.29) is 12.3 Å².